The van der Waals surface area contributed by atoms with E-state index in [2.05, 4.69) is 12.1 Å². The SMILES string of the molecule is O=CCC(c1ccccc1)C1CCN(C(=O)OCc2ccccc2)CC1. The quantitative estimate of drug-likeness (QED) is 0.724. The van der Waals surface area contributed by atoms with E-state index in [9.17, 15) is 9.59 Å². The smallest absolute Gasteiger partial charge is 0.410 e. The number of carbonyl (C=O) groups excluding carboxylic acids is 2. The minimum atomic E-state index is -0.251. The molecule has 1 saturated heterocycles. The fourth-order valence-corrected chi connectivity index (χ4v) is 3.70. The zero-order chi connectivity index (χ0) is 18.2. The topological polar surface area (TPSA) is 46.6 Å². The van der Waals surface area contributed by atoms with E-state index in [0.29, 0.717) is 32.0 Å². The molecule has 1 amide bonds. The van der Waals surface area contributed by atoms with E-state index >= 15 is 0 Å². The number of carbonyl (C=O) groups is 2. The monoisotopic (exact) mass is 351 g/mol. The molecule has 1 aliphatic heterocycles. The van der Waals surface area contributed by atoms with Crippen LogP contribution in [0.15, 0.2) is 60.7 Å². The van der Waals surface area contributed by atoms with Crippen LogP contribution in [-0.4, -0.2) is 30.4 Å². The Bertz CT molecular complexity index is 694. The van der Waals surface area contributed by atoms with Crippen molar-refractivity contribution >= 4 is 12.4 Å². The van der Waals surface area contributed by atoms with Crippen LogP contribution in [0.5, 0.6) is 0 Å². The Kier molecular flexibility index (Phi) is 6.42. The molecule has 2 aromatic carbocycles. The molecule has 3 rings (SSSR count). The molecule has 1 fully saturated rings. The summed E-state index contributed by atoms with van der Waals surface area (Å²) >= 11 is 0. The molecule has 0 radical (unpaired) electrons. The first-order valence-electron chi connectivity index (χ1n) is 9.22. The van der Waals surface area contributed by atoms with Crippen molar-refractivity contribution in [1.82, 2.24) is 4.90 Å². The third kappa shape index (κ3) is 4.72. The van der Waals surface area contributed by atoms with Crippen molar-refractivity contribution in [3.63, 3.8) is 0 Å². The number of rotatable bonds is 6. The molecule has 1 heterocycles. The molecule has 0 bridgehead atoms. The number of ether oxygens (including phenoxy) is 1. The van der Waals surface area contributed by atoms with Crippen LogP contribution in [0.4, 0.5) is 4.79 Å². The summed E-state index contributed by atoms with van der Waals surface area (Å²) in [6.07, 6.45) is 3.09. The lowest BCUT2D eigenvalue weighted by Crippen LogP contribution is -2.40. The van der Waals surface area contributed by atoms with Crippen LogP contribution in [-0.2, 0) is 16.1 Å². The molecule has 26 heavy (non-hydrogen) atoms. The molecule has 0 aromatic heterocycles. The van der Waals surface area contributed by atoms with Gasteiger partial charge >= 0.3 is 6.09 Å². The fourth-order valence-electron chi connectivity index (χ4n) is 3.70. The van der Waals surface area contributed by atoms with Crippen molar-refractivity contribution in [3.8, 4) is 0 Å². The lowest BCUT2D eigenvalue weighted by atomic mass is 9.78. The normalized spacial score (nSPS) is 16.1. The molecular formula is C22H25NO3. The number of benzene rings is 2. The van der Waals surface area contributed by atoms with E-state index < -0.39 is 0 Å². The predicted octanol–water partition coefficient (Wildman–Crippen LogP) is 4.41. The van der Waals surface area contributed by atoms with Crippen molar-refractivity contribution in [2.45, 2.75) is 31.8 Å². The van der Waals surface area contributed by atoms with Gasteiger partial charge in [-0.1, -0.05) is 60.7 Å². The summed E-state index contributed by atoms with van der Waals surface area (Å²) in [5.41, 5.74) is 2.20. The molecule has 4 heteroatoms. The van der Waals surface area contributed by atoms with Gasteiger partial charge in [-0.15, -0.1) is 0 Å². The van der Waals surface area contributed by atoms with Crippen LogP contribution >= 0.6 is 0 Å². The Labute approximate surface area is 154 Å². The van der Waals surface area contributed by atoms with Gasteiger partial charge in [0.05, 0.1) is 0 Å². The zero-order valence-electron chi connectivity index (χ0n) is 14.9. The van der Waals surface area contributed by atoms with Crippen LogP contribution in [0, 0.1) is 5.92 Å². The highest BCUT2D eigenvalue weighted by Crippen LogP contribution is 2.34. The van der Waals surface area contributed by atoms with Crippen molar-refractivity contribution in [3.05, 3.63) is 71.8 Å². The summed E-state index contributed by atoms with van der Waals surface area (Å²) in [6.45, 7) is 1.67. The van der Waals surface area contributed by atoms with Gasteiger partial charge in [0.2, 0.25) is 0 Å². The highest BCUT2D eigenvalue weighted by atomic mass is 16.6. The number of aldehydes is 1. The standard InChI is InChI=1S/C22H25NO3/c24-16-13-21(19-9-5-2-6-10-19)20-11-14-23(15-12-20)22(25)26-17-18-7-3-1-4-8-18/h1-10,16,20-21H,11-15,17H2. The molecule has 1 aliphatic rings. The molecular weight excluding hydrogens is 326 g/mol. The van der Waals surface area contributed by atoms with Gasteiger partial charge in [-0.2, -0.15) is 0 Å². The minimum absolute atomic E-state index is 0.233. The third-order valence-corrected chi connectivity index (χ3v) is 5.15. The maximum atomic E-state index is 12.3. The highest BCUT2D eigenvalue weighted by Gasteiger charge is 2.29. The molecule has 1 atom stereocenters. The third-order valence-electron chi connectivity index (χ3n) is 5.15. The van der Waals surface area contributed by atoms with E-state index in [-0.39, 0.29) is 12.0 Å². The molecule has 0 spiro atoms. The predicted molar refractivity (Wildman–Crippen MR) is 101 cm³/mol. The van der Waals surface area contributed by atoms with Gasteiger partial charge < -0.3 is 14.4 Å². The Morgan fingerprint density at radius 2 is 1.65 bits per heavy atom. The van der Waals surface area contributed by atoms with Gasteiger partial charge in [-0.25, -0.2) is 4.79 Å². The summed E-state index contributed by atoms with van der Waals surface area (Å²) in [7, 11) is 0. The lowest BCUT2D eigenvalue weighted by Gasteiger charge is -2.35. The van der Waals surface area contributed by atoms with Gasteiger partial charge in [0, 0.05) is 19.5 Å². The van der Waals surface area contributed by atoms with E-state index in [1.54, 1.807) is 4.90 Å². The van der Waals surface area contributed by atoms with Gasteiger partial charge in [-0.05, 0) is 35.8 Å². The molecule has 0 saturated carbocycles. The first-order chi connectivity index (χ1) is 12.8. The fraction of sp³-hybridized carbons (Fsp3) is 0.364. The highest BCUT2D eigenvalue weighted by molar-refractivity contribution is 5.67. The summed E-state index contributed by atoms with van der Waals surface area (Å²) in [5.74, 6) is 0.650. The second-order valence-corrected chi connectivity index (χ2v) is 6.78. The Morgan fingerprint density at radius 3 is 2.27 bits per heavy atom. The number of amides is 1. The van der Waals surface area contributed by atoms with E-state index in [1.807, 2.05) is 48.5 Å². The maximum absolute atomic E-state index is 12.3. The van der Waals surface area contributed by atoms with Crippen LogP contribution in [0.3, 0.4) is 0 Å². The van der Waals surface area contributed by atoms with Crippen molar-refractivity contribution < 1.29 is 14.3 Å². The molecule has 1 unspecified atom stereocenters. The number of piperidine rings is 1. The van der Waals surface area contributed by atoms with Crippen molar-refractivity contribution in [1.29, 1.82) is 0 Å². The van der Waals surface area contributed by atoms with E-state index in [0.717, 1.165) is 24.7 Å². The van der Waals surface area contributed by atoms with Crippen LogP contribution < -0.4 is 0 Å². The summed E-state index contributed by atoms with van der Waals surface area (Å²) in [4.78, 5) is 25.2. The number of hydrogen-bond donors (Lipinski definition) is 0. The molecule has 136 valence electrons. The molecule has 0 N–H and O–H groups in total. The number of likely N-dealkylation sites (tertiary alicyclic amines) is 1. The summed E-state index contributed by atoms with van der Waals surface area (Å²) in [5, 5.41) is 0. The van der Waals surface area contributed by atoms with Gasteiger partial charge in [0.15, 0.2) is 0 Å². The Hall–Kier alpha value is -2.62. The van der Waals surface area contributed by atoms with Crippen molar-refractivity contribution in [2.75, 3.05) is 13.1 Å². The second kappa shape index (κ2) is 9.18. The lowest BCUT2D eigenvalue weighted by molar-refractivity contribution is -0.108. The first-order valence-corrected chi connectivity index (χ1v) is 9.22. The van der Waals surface area contributed by atoms with Crippen LogP contribution in [0.1, 0.15) is 36.3 Å². The van der Waals surface area contributed by atoms with Crippen molar-refractivity contribution in [2.24, 2.45) is 5.92 Å². The Balaban J connectivity index is 1.52. The van der Waals surface area contributed by atoms with Crippen LogP contribution in [0.25, 0.3) is 0 Å². The zero-order valence-corrected chi connectivity index (χ0v) is 14.9. The maximum Gasteiger partial charge on any atom is 0.410 e. The summed E-state index contributed by atoms with van der Waals surface area (Å²) < 4.78 is 5.43. The summed E-state index contributed by atoms with van der Waals surface area (Å²) in [6, 6.07) is 19.9. The minimum Gasteiger partial charge on any atom is -0.445 e. The molecule has 4 nitrogen and oxygen atoms in total. The van der Waals surface area contributed by atoms with Gasteiger partial charge in [0.1, 0.15) is 12.9 Å². The molecule has 2 aromatic rings. The van der Waals surface area contributed by atoms with Gasteiger partial charge in [-0.3, -0.25) is 0 Å². The second-order valence-electron chi connectivity index (χ2n) is 6.78. The van der Waals surface area contributed by atoms with E-state index in [1.165, 1.54) is 5.56 Å². The largest absolute Gasteiger partial charge is 0.445 e. The first kappa shape index (κ1) is 18.2. The number of hydrogen-bond acceptors (Lipinski definition) is 3. The van der Waals surface area contributed by atoms with Gasteiger partial charge in [0.25, 0.3) is 0 Å². The Morgan fingerprint density at radius 1 is 1.04 bits per heavy atom. The average molecular weight is 351 g/mol. The van der Waals surface area contributed by atoms with Crippen LogP contribution in [0.2, 0.25) is 0 Å². The average Bonchev–Trinajstić information content (AvgIpc) is 2.72. The van der Waals surface area contributed by atoms with E-state index in [4.69, 9.17) is 4.74 Å². The number of nitrogens with zero attached hydrogens (tertiary/aromatic N) is 1. The molecule has 0 aliphatic carbocycles.